The fourth-order valence-corrected chi connectivity index (χ4v) is 3.64. The molecule has 0 unspecified atom stereocenters. The smallest absolute Gasteiger partial charge is 0.270 e. The predicted octanol–water partition coefficient (Wildman–Crippen LogP) is 1.72. The van der Waals surface area contributed by atoms with Gasteiger partial charge in [-0.3, -0.25) is 9.69 Å². The minimum atomic E-state index is -0.124. The van der Waals surface area contributed by atoms with E-state index in [1.807, 2.05) is 0 Å². The van der Waals surface area contributed by atoms with Gasteiger partial charge in [-0.25, -0.2) is 4.98 Å². The van der Waals surface area contributed by atoms with Crippen LogP contribution in [0.2, 0.25) is 5.02 Å². The largest absolute Gasteiger partial charge is 0.375 e. The van der Waals surface area contributed by atoms with Gasteiger partial charge in [-0.05, 0) is 37.3 Å². The summed E-state index contributed by atoms with van der Waals surface area (Å²) in [7, 11) is 0. The van der Waals surface area contributed by atoms with Crippen LogP contribution in [0.3, 0.4) is 0 Å². The summed E-state index contributed by atoms with van der Waals surface area (Å²) in [5, 5.41) is 3.63. The molecule has 22 heavy (non-hydrogen) atoms. The number of hydrogen-bond acceptors (Lipinski definition) is 4. The van der Waals surface area contributed by atoms with E-state index in [1.165, 1.54) is 19.0 Å². The van der Waals surface area contributed by atoms with Crippen LogP contribution in [0, 0.1) is 5.92 Å². The molecule has 3 atom stereocenters. The third-order valence-corrected chi connectivity index (χ3v) is 5.11. The Morgan fingerprint density at radius 2 is 2.23 bits per heavy atom. The summed E-state index contributed by atoms with van der Waals surface area (Å²) < 4.78 is 5.99. The summed E-state index contributed by atoms with van der Waals surface area (Å²) in [6.45, 7) is 2.73. The van der Waals surface area contributed by atoms with Crippen LogP contribution in [-0.2, 0) is 4.74 Å². The average molecular weight is 322 g/mol. The number of rotatable bonds is 3. The Hall–Kier alpha value is -1.17. The number of nitrogens with one attached hydrogen (secondary N) is 1. The lowest BCUT2D eigenvalue weighted by atomic mass is 10.1. The van der Waals surface area contributed by atoms with Crippen molar-refractivity contribution >= 4 is 17.5 Å². The number of morpholine rings is 1. The van der Waals surface area contributed by atoms with Crippen LogP contribution >= 0.6 is 11.6 Å². The molecular weight excluding hydrogens is 302 g/mol. The zero-order valence-corrected chi connectivity index (χ0v) is 13.1. The molecule has 3 fully saturated rings. The maximum absolute atomic E-state index is 12.2. The minimum Gasteiger partial charge on any atom is -0.375 e. The molecule has 1 aromatic rings. The number of halogens is 1. The molecule has 0 aromatic carbocycles. The van der Waals surface area contributed by atoms with Crippen LogP contribution in [0.4, 0.5) is 0 Å². The van der Waals surface area contributed by atoms with Gasteiger partial charge in [-0.1, -0.05) is 11.6 Å². The fraction of sp³-hybridized carbons (Fsp3) is 0.625. The average Bonchev–Trinajstić information content (AvgIpc) is 3.28. The second-order valence-corrected chi connectivity index (χ2v) is 7.02. The van der Waals surface area contributed by atoms with Gasteiger partial charge < -0.3 is 10.1 Å². The molecule has 1 saturated carbocycles. The summed E-state index contributed by atoms with van der Waals surface area (Å²) in [4.78, 5) is 18.8. The molecule has 1 aliphatic carbocycles. The van der Waals surface area contributed by atoms with E-state index < -0.39 is 0 Å². The Morgan fingerprint density at radius 1 is 1.36 bits per heavy atom. The molecule has 1 N–H and O–H groups in total. The van der Waals surface area contributed by atoms with Crippen molar-refractivity contribution in [2.45, 2.75) is 37.5 Å². The first-order valence-electron chi connectivity index (χ1n) is 7.97. The molecule has 5 nitrogen and oxygen atoms in total. The van der Waals surface area contributed by atoms with Crippen molar-refractivity contribution in [1.29, 1.82) is 0 Å². The number of hydrogen-bond donors (Lipinski definition) is 1. The Labute approximate surface area is 135 Å². The monoisotopic (exact) mass is 321 g/mol. The molecule has 1 aromatic heterocycles. The van der Waals surface area contributed by atoms with Crippen LogP contribution in [0.5, 0.6) is 0 Å². The molecular formula is C16H20ClN3O2. The number of pyridine rings is 1. The van der Waals surface area contributed by atoms with Gasteiger partial charge in [0, 0.05) is 31.4 Å². The number of ether oxygens (including phenoxy) is 1. The highest BCUT2D eigenvalue weighted by atomic mass is 35.5. The predicted molar refractivity (Wildman–Crippen MR) is 82.9 cm³/mol. The van der Waals surface area contributed by atoms with E-state index >= 15 is 0 Å². The van der Waals surface area contributed by atoms with E-state index in [-0.39, 0.29) is 11.9 Å². The third-order valence-electron chi connectivity index (χ3n) is 4.89. The summed E-state index contributed by atoms with van der Waals surface area (Å²) in [5.41, 5.74) is 0.418. The highest BCUT2D eigenvalue weighted by molar-refractivity contribution is 6.30. The zero-order chi connectivity index (χ0) is 15.1. The SMILES string of the molecule is O=C(N[C@H]1C[C@H]2CO[C@@H](C3CC3)CN2C1)c1ccc(Cl)cn1. The lowest BCUT2D eigenvalue weighted by Gasteiger charge is -2.35. The summed E-state index contributed by atoms with van der Waals surface area (Å²) >= 11 is 5.80. The van der Waals surface area contributed by atoms with E-state index in [4.69, 9.17) is 16.3 Å². The molecule has 118 valence electrons. The fourth-order valence-electron chi connectivity index (χ4n) is 3.53. The Morgan fingerprint density at radius 3 is 2.95 bits per heavy atom. The maximum atomic E-state index is 12.2. The Bertz CT molecular complexity index is 561. The standard InChI is InChI=1S/C16H20ClN3O2/c17-11-3-4-14(18-6-11)16(21)19-12-5-13-9-22-15(10-1-2-10)8-20(13)7-12/h3-4,6,10,12-13,15H,1-2,5,7-9H2,(H,19,21)/t12-,13-,15+/m0/s1. The number of fused-ring (bicyclic) bond motifs is 1. The Balaban J connectivity index is 1.34. The first-order valence-corrected chi connectivity index (χ1v) is 8.35. The molecule has 0 bridgehead atoms. The van der Waals surface area contributed by atoms with Crippen molar-refractivity contribution in [3.63, 3.8) is 0 Å². The summed E-state index contributed by atoms with van der Waals surface area (Å²) in [6.07, 6.45) is 5.49. The molecule has 4 rings (SSSR count). The first-order chi connectivity index (χ1) is 10.7. The van der Waals surface area contributed by atoms with Crippen molar-refractivity contribution in [2.24, 2.45) is 5.92 Å². The van der Waals surface area contributed by atoms with Crippen molar-refractivity contribution in [2.75, 3.05) is 19.7 Å². The number of carbonyl (C=O) groups is 1. The van der Waals surface area contributed by atoms with E-state index in [9.17, 15) is 4.79 Å². The molecule has 2 saturated heterocycles. The third kappa shape index (κ3) is 2.98. The quantitative estimate of drug-likeness (QED) is 0.921. The van der Waals surface area contributed by atoms with E-state index in [1.54, 1.807) is 12.1 Å². The van der Waals surface area contributed by atoms with Gasteiger partial charge in [0.15, 0.2) is 0 Å². The van der Waals surface area contributed by atoms with Crippen molar-refractivity contribution in [3.8, 4) is 0 Å². The molecule has 1 amide bonds. The van der Waals surface area contributed by atoms with E-state index in [0.29, 0.717) is 22.9 Å². The molecule has 2 aliphatic heterocycles. The second kappa shape index (κ2) is 5.80. The van der Waals surface area contributed by atoms with Gasteiger partial charge in [0.05, 0.1) is 17.7 Å². The minimum absolute atomic E-state index is 0.124. The number of amides is 1. The van der Waals surface area contributed by atoms with Crippen LogP contribution in [-0.4, -0.2) is 53.7 Å². The number of aromatic nitrogens is 1. The van der Waals surface area contributed by atoms with Crippen LogP contribution < -0.4 is 5.32 Å². The molecule has 3 aliphatic rings. The molecule has 6 heteroatoms. The first kappa shape index (κ1) is 14.4. The van der Waals surface area contributed by atoms with Gasteiger partial charge >= 0.3 is 0 Å². The zero-order valence-electron chi connectivity index (χ0n) is 12.4. The van der Waals surface area contributed by atoms with Gasteiger partial charge in [0.25, 0.3) is 5.91 Å². The van der Waals surface area contributed by atoms with Crippen molar-refractivity contribution < 1.29 is 9.53 Å². The van der Waals surface area contributed by atoms with Gasteiger partial charge in [0.2, 0.25) is 0 Å². The summed E-state index contributed by atoms with van der Waals surface area (Å²) in [6, 6.07) is 3.97. The Kier molecular flexibility index (Phi) is 3.80. The molecule has 3 heterocycles. The lowest BCUT2D eigenvalue weighted by molar-refractivity contribution is -0.0581. The normalized spacial score (nSPS) is 31.8. The van der Waals surface area contributed by atoms with Crippen molar-refractivity contribution in [1.82, 2.24) is 15.2 Å². The molecule has 0 spiro atoms. The van der Waals surface area contributed by atoms with Gasteiger partial charge in [-0.15, -0.1) is 0 Å². The highest BCUT2D eigenvalue weighted by Gasteiger charge is 2.42. The topological polar surface area (TPSA) is 54.5 Å². The highest BCUT2D eigenvalue weighted by Crippen LogP contribution is 2.37. The van der Waals surface area contributed by atoms with E-state index in [2.05, 4.69) is 15.2 Å². The summed E-state index contributed by atoms with van der Waals surface area (Å²) in [5.74, 6) is 0.647. The van der Waals surface area contributed by atoms with Crippen LogP contribution in [0.25, 0.3) is 0 Å². The maximum Gasteiger partial charge on any atom is 0.270 e. The van der Waals surface area contributed by atoms with E-state index in [0.717, 1.165) is 32.0 Å². The number of carbonyl (C=O) groups excluding carboxylic acids is 1. The number of nitrogens with zero attached hydrogens (tertiary/aromatic N) is 2. The van der Waals surface area contributed by atoms with Crippen molar-refractivity contribution in [3.05, 3.63) is 29.0 Å². The second-order valence-electron chi connectivity index (χ2n) is 6.58. The van der Waals surface area contributed by atoms with Crippen LogP contribution in [0.15, 0.2) is 18.3 Å². The van der Waals surface area contributed by atoms with Gasteiger partial charge in [-0.2, -0.15) is 0 Å². The molecule has 0 radical (unpaired) electrons. The lowest BCUT2D eigenvalue weighted by Crippen LogP contribution is -2.47. The van der Waals surface area contributed by atoms with Crippen LogP contribution in [0.1, 0.15) is 29.8 Å². The van der Waals surface area contributed by atoms with Gasteiger partial charge in [0.1, 0.15) is 5.69 Å².